The summed E-state index contributed by atoms with van der Waals surface area (Å²) in [5.41, 5.74) is 3.96. The monoisotopic (exact) mass is 353 g/mol. The average molecular weight is 353 g/mol. The second kappa shape index (κ2) is 7.92. The van der Waals surface area contributed by atoms with Crippen molar-refractivity contribution in [2.75, 3.05) is 0 Å². The molecule has 2 heterocycles. The van der Waals surface area contributed by atoms with Gasteiger partial charge >= 0.3 is 0 Å². The molecular weight excluding hydrogens is 334 g/mol. The molecule has 0 saturated carbocycles. The van der Waals surface area contributed by atoms with Crippen molar-refractivity contribution >= 4 is 23.3 Å². The molecule has 0 fully saturated rings. The van der Waals surface area contributed by atoms with Crippen LogP contribution in [0.2, 0.25) is 0 Å². The molecule has 0 aliphatic rings. The van der Waals surface area contributed by atoms with Crippen molar-refractivity contribution in [3.05, 3.63) is 75.7 Å². The van der Waals surface area contributed by atoms with Crippen molar-refractivity contribution in [1.29, 1.82) is 0 Å². The SMILES string of the molecule is Cc1ccccc1-n1cc(CNC(=O)C=Cc2cc(CO)cs2)cn1. The number of carbonyl (C=O) groups is 1. The first kappa shape index (κ1) is 17.1. The van der Waals surface area contributed by atoms with Crippen molar-refractivity contribution in [1.82, 2.24) is 15.1 Å². The number of nitrogens with one attached hydrogen (secondary N) is 1. The highest BCUT2D eigenvalue weighted by Crippen LogP contribution is 2.16. The highest BCUT2D eigenvalue weighted by molar-refractivity contribution is 7.11. The van der Waals surface area contributed by atoms with Crippen LogP contribution in [0.3, 0.4) is 0 Å². The predicted molar refractivity (Wildman–Crippen MR) is 99.4 cm³/mol. The van der Waals surface area contributed by atoms with E-state index in [0.717, 1.165) is 27.3 Å². The van der Waals surface area contributed by atoms with Crippen LogP contribution in [0.1, 0.15) is 21.6 Å². The van der Waals surface area contributed by atoms with E-state index in [1.165, 1.54) is 17.4 Å². The molecule has 1 aromatic carbocycles. The normalized spacial score (nSPS) is 11.1. The molecule has 6 heteroatoms. The summed E-state index contributed by atoms with van der Waals surface area (Å²) in [7, 11) is 0. The van der Waals surface area contributed by atoms with Gasteiger partial charge in [0.15, 0.2) is 0 Å². The lowest BCUT2D eigenvalue weighted by Gasteiger charge is -2.04. The maximum Gasteiger partial charge on any atom is 0.244 e. The molecule has 0 bridgehead atoms. The van der Waals surface area contributed by atoms with Crippen molar-refractivity contribution in [2.24, 2.45) is 0 Å². The Labute approximate surface area is 150 Å². The zero-order valence-corrected chi connectivity index (χ0v) is 14.7. The minimum atomic E-state index is -0.164. The first-order valence-electron chi connectivity index (χ1n) is 7.89. The van der Waals surface area contributed by atoms with Gasteiger partial charge in [0.2, 0.25) is 5.91 Å². The smallest absolute Gasteiger partial charge is 0.244 e. The van der Waals surface area contributed by atoms with E-state index in [0.29, 0.717) is 6.54 Å². The second-order valence-corrected chi connectivity index (χ2v) is 6.59. The molecule has 0 aliphatic heterocycles. The van der Waals surface area contributed by atoms with E-state index < -0.39 is 0 Å². The summed E-state index contributed by atoms with van der Waals surface area (Å²) in [5.74, 6) is -0.164. The van der Waals surface area contributed by atoms with E-state index >= 15 is 0 Å². The van der Waals surface area contributed by atoms with E-state index in [-0.39, 0.29) is 12.5 Å². The number of aliphatic hydroxyl groups is 1. The summed E-state index contributed by atoms with van der Waals surface area (Å²) >= 11 is 1.49. The number of rotatable bonds is 6. The van der Waals surface area contributed by atoms with Crippen LogP contribution in [0, 0.1) is 6.92 Å². The Kier molecular flexibility index (Phi) is 5.42. The van der Waals surface area contributed by atoms with E-state index in [1.54, 1.807) is 12.3 Å². The number of aromatic nitrogens is 2. The maximum atomic E-state index is 11.9. The summed E-state index contributed by atoms with van der Waals surface area (Å²) in [6.07, 6.45) is 6.91. The van der Waals surface area contributed by atoms with Crippen LogP contribution in [0.4, 0.5) is 0 Å². The summed E-state index contributed by atoms with van der Waals surface area (Å²) in [6, 6.07) is 9.88. The van der Waals surface area contributed by atoms with Crippen LogP contribution >= 0.6 is 11.3 Å². The number of para-hydroxylation sites is 1. The van der Waals surface area contributed by atoms with Gasteiger partial charge in [0, 0.05) is 29.3 Å². The molecule has 0 radical (unpaired) electrons. The number of amides is 1. The zero-order valence-electron chi connectivity index (χ0n) is 13.8. The van der Waals surface area contributed by atoms with Crippen molar-refractivity contribution in [2.45, 2.75) is 20.1 Å². The first-order valence-corrected chi connectivity index (χ1v) is 8.77. The number of aryl methyl sites for hydroxylation is 1. The molecule has 2 aromatic heterocycles. The molecule has 128 valence electrons. The minimum Gasteiger partial charge on any atom is -0.392 e. The minimum absolute atomic E-state index is 0.0153. The Balaban J connectivity index is 1.57. The van der Waals surface area contributed by atoms with Gasteiger partial charge in [-0.1, -0.05) is 18.2 Å². The lowest BCUT2D eigenvalue weighted by atomic mass is 10.2. The molecule has 0 aliphatic carbocycles. The number of aliphatic hydroxyl groups excluding tert-OH is 1. The Morgan fingerprint density at radius 3 is 2.96 bits per heavy atom. The number of hydrogen-bond donors (Lipinski definition) is 2. The van der Waals surface area contributed by atoms with E-state index in [2.05, 4.69) is 10.4 Å². The third kappa shape index (κ3) is 4.43. The maximum absolute atomic E-state index is 11.9. The summed E-state index contributed by atoms with van der Waals surface area (Å²) in [6.45, 7) is 2.47. The number of carbonyl (C=O) groups excluding carboxylic acids is 1. The van der Waals surface area contributed by atoms with Gasteiger partial charge in [-0.15, -0.1) is 11.3 Å². The van der Waals surface area contributed by atoms with Crippen LogP contribution in [0.15, 0.2) is 54.2 Å². The number of nitrogens with zero attached hydrogens (tertiary/aromatic N) is 2. The van der Waals surface area contributed by atoms with E-state index in [4.69, 9.17) is 5.11 Å². The Morgan fingerprint density at radius 2 is 2.20 bits per heavy atom. The summed E-state index contributed by atoms with van der Waals surface area (Å²) in [5, 5.41) is 18.1. The first-order chi connectivity index (χ1) is 12.2. The van der Waals surface area contributed by atoms with Gasteiger partial charge < -0.3 is 10.4 Å². The number of benzene rings is 1. The molecule has 3 rings (SSSR count). The van der Waals surface area contributed by atoms with Crippen LogP contribution in [-0.4, -0.2) is 20.8 Å². The van der Waals surface area contributed by atoms with Gasteiger partial charge in [-0.05, 0) is 41.6 Å². The van der Waals surface area contributed by atoms with Crippen LogP contribution in [-0.2, 0) is 17.9 Å². The van der Waals surface area contributed by atoms with Crippen molar-refractivity contribution in [3.63, 3.8) is 0 Å². The Bertz CT molecular complexity index is 895. The second-order valence-electron chi connectivity index (χ2n) is 5.65. The lowest BCUT2D eigenvalue weighted by Crippen LogP contribution is -2.19. The van der Waals surface area contributed by atoms with Gasteiger partial charge in [-0.3, -0.25) is 4.79 Å². The molecule has 5 nitrogen and oxygen atoms in total. The Hall–Kier alpha value is -2.70. The van der Waals surface area contributed by atoms with Crippen LogP contribution in [0.25, 0.3) is 11.8 Å². The van der Waals surface area contributed by atoms with Gasteiger partial charge in [-0.25, -0.2) is 4.68 Å². The van der Waals surface area contributed by atoms with Gasteiger partial charge in [0.1, 0.15) is 0 Å². The third-order valence-electron chi connectivity index (χ3n) is 3.72. The molecular formula is C19H19N3O2S. The standard InChI is InChI=1S/C19H19N3O2S/c1-14-4-2-3-5-18(14)22-11-16(10-21-22)9-20-19(24)7-6-17-8-15(12-23)13-25-17/h2-8,10-11,13,23H,9,12H2,1H3,(H,20,24). The van der Waals surface area contributed by atoms with Crippen LogP contribution in [0.5, 0.6) is 0 Å². The summed E-state index contributed by atoms with van der Waals surface area (Å²) < 4.78 is 1.81. The molecule has 0 unspecified atom stereocenters. The Morgan fingerprint density at radius 1 is 1.36 bits per heavy atom. The van der Waals surface area contributed by atoms with E-state index in [9.17, 15) is 4.79 Å². The predicted octanol–water partition coefficient (Wildman–Crippen LogP) is 3.06. The molecule has 0 spiro atoms. The molecule has 3 aromatic rings. The fraction of sp³-hybridized carbons (Fsp3) is 0.158. The molecule has 0 saturated heterocycles. The van der Waals surface area contributed by atoms with Gasteiger partial charge in [0.25, 0.3) is 0 Å². The summed E-state index contributed by atoms with van der Waals surface area (Å²) in [4.78, 5) is 12.9. The van der Waals surface area contributed by atoms with E-state index in [1.807, 2.05) is 53.5 Å². The number of hydrogen-bond acceptors (Lipinski definition) is 4. The molecule has 2 N–H and O–H groups in total. The zero-order chi connectivity index (χ0) is 17.6. The molecule has 0 atom stereocenters. The molecule has 25 heavy (non-hydrogen) atoms. The largest absolute Gasteiger partial charge is 0.392 e. The van der Waals surface area contributed by atoms with Gasteiger partial charge in [0.05, 0.1) is 18.5 Å². The number of thiophene rings is 1. The van der Waals surface area contributed by atoms with Crippen molar-refractivity contribution in [3.8, 4) is 5.69 Å². The average Bonchev–Trinajstić information content (AvgIpc) is 3.28. The van der Waals surface area contributed by atoms with Gasteiger partial charge in [-0.2, -0.15) is 5.10 Å². The third-order valence-corrected chi connectivity index (χ3v) is 4.67. The molecule has 1 amide bonds. The fourth-order valence-electron chi connectivity index (χ4n) is 2.37. The highest BCUT2D eigenvalue weighted by atomic mass is 32.1. The fourth-order valence-corrected chi connectivity index (χ4v) is 3.17. The topological polar surface area (TPSA) is 67.2 Å². The lowest BCUT2D eigenvalue weighted by molar-refractivity contribution is -0.116. The van der Waals surface area contributed by atoms with Crippen LogP contribution < -0.4 is 5.32 Å². The van der Waals surface area contributed by atoms with Crippen molar-refractivity contribution < 1.29 is 9.90 Å². The quantitative estimate of drug-likeness (QED) is 0.669. The highest BCUT2D eigenvalue weighted by Gasteiger charge is 2.04.